The first kappa shape index (κ1) is 18.5. The molecule has 0 fully saturated rings. The molecule has 1 aliphatic heterocycles. The van der Waals surface area contributed by atoms with Crippen LogP contribution in [0.1, 0.15) is 43.7 Å². The summed E-state index contributed by atoms with van der Waals surface area (Å²) in [5.41, 5.74) is 3.11. The second-order valence-corrected chi connectivity index (χ2v) is 6.66. The first-order valence-electron chi connectivity index (χ1n) is 9.26. The zero-order valence-electron chi connectivity index (χ0n) is 15.6. The number of unbranched alkanes of at least 4 members (excludes halogenated alkanes) is 1. The monoisotopic (exact) mass is 346 g/mol. The van der Waals surface area contributed by atoms with Gasteiger partial charge in [-0.1, -0.05) is 74.0 Å². The molecule has 0 saturated heterocycles. The molecule has 26 heavy (non-hydrogen) atoms. The van der Waals surface area contributed by atoms with Gasteiger partial charge in [-0.15, -0.1) is 0 Å². The predicted molar refractivity (Wildman–Crippen MR) is 106 cm³/mol. The van der Waals surface area contributed by atoms with Crippen molar-refractivity contribution in [2.75, 3.05) is 7.11 Å². The molecule has 0 aromatic heterocycles. The third-order valence-corrected chi connectivity index (χ3v) is 4.77. The molecule has 1 aliphatic rings. The van der Waals surface area contributed by atoms with Crippen LogP contribution in [-0.2, 0) is 15.1 Å². The van der Waals surface area contributed by atoms with Crippen LogP contribution in [0.3, 0.4) is 0 Å². The molecule has 1 atom stereocenters. The molecule has 134 valence electrons. The highest BCUT2D eigenvalue weighted by atomic mass is 16.5. The van der Waals surface area contributed by atoms with Crippen LogP contribution in [0.2, 0.25) is 0 Å². The molecular weight excluding hydrogens is 320 g/mol. The summed E-state index contributed by atoms with van der Waals surface area (Å²) < 4.78 is 11.8. The number of benzene rings is 2. The Morgan fingerprint density at radius 1 is 1.08 bits per heavy atom. The molecule has 0 amide bonds. The SMILES string of the molecule is CCCCC1(c2ccccc2)C/C(=C\[C]OC)C=C(c2ccccc2)O1. The quantitative estimate of drug-likeness (QED) is 0.599. The molecule has 3 rings (SSSR count). The summed E-state index contributed by atoms with van der Waals surface area (Å²) in [7, 11) is 1.62. The normalized spacial score (nSPS) is 21.3. The molecule has 0 N–H and O–H groups in total. The van der Waals surface area contributed by atoms with E-state index in [1.807, 2.05) is 24.3 Å². The van der Waals surface area contributed by atoms with Crippen molar-refractivity contribution >= 4 is 5.76 Å². The van der Waals surface area contributed by atoms with Crippen LogP contribution >= 0.6 is 0 Å². The number of allylic oxidation sites excluding steroid dienone is 1. The molecule has 2 heteroatoms. The van der Waals surface area contributed by atoms with Crippen LogP contribution in [0.15, 0.2) is 78.4 Å². The van der Waals surface area contributed by atoms with Gasteiger partial charge in [-0.25, -0.2) is 0 Å². The Morgan fingerprint density at radius 3 is 2.42 bits per heavy atom. The molecule has 1 heterocycles. The highest BCUT2D eigenvalue weighted by Gasteiger charge is 2.38. The Morgan fingerprint density at radius 2 is 1.77 bits per heavy atom. The van der Waals surface area contributed by atoms with Crippen molar-refractivity contribution in [1.29, 1.82) is 0 Å². The van der Waals surface area contributed by atoms with Crippen molar-refractivity contribution < 1.29 is 9.47 Å². The standard InChI is InChI=1S/C24H26O2/c1-3-4-16-24(22-13-9-6-10-14-22)19-20(15-17-25-2)18-23(26-24)21-11-7-5-8-12-21/h5-15,18H,3-4,16,19H2,1-2H3/b20-15-. The van der Waals surface area contributed by atoms with E-state index in [1.165, 1.54) is 5.56 Å². The van der Waals surface area contributed by atoms with Crippen LogP contribution in [-0.4, -0.2) is 7.11 Å². The van der Waals surface area contributed by atoms with Crippen molar-refractivity contribution in [2.24, 2.45) is 0 Å². The highest BCUT2D eigenvalue weighted by Crippen LogP contribution is 2.45. The van der Waals surface area contributed by atoms with Gasteiger partial charge in [-0.05, 0) is 36.1 Å². The molecular formula is C24H26O2. The van der Waals surface area contributed by atoms with Gasteiger partial charge in [0.15, 0.2) is 6.61 Å². The maximum atomic E-state index is 6.71. The van der Waals surface area contributed by atoms with Crippen LogP contribution in [0, 0.1) is 6.61 Å². The maximum absolute atomic E-state index is 6.71. The van der Waals surface area contributed by atoms with Gasteiger partial charge in [0.2, 0.25) is 0 Å². The molecule has 2 nitrogen and oxygen atoms in total. The molecule has 1 unspecified atom stereocenters. The van der Waals surface area contributed by atoms with E-state index in [4.69, 9.17) is 9.47 Å². The smallest absolute Gasteiger partial charge is 0.158 e. The number of hydrogen-bond acceptors (Lipinski definition) is 2. The van der Waals surface area contributed by atoms with Crippen molar-refractivity contribution in [3.05, 3.63) is 96.1 Å². The van der Waals surface area contributed by atoms with Crippen LogP contribution in [0.5, 0.6) is 0 Å². The largest absolute Gasteiger partial charge is 0.482 e. The van der Waals surface area contributed by atoms with Gasteiger partial charge in [0.05, 0.1) is 0 Å². The zero-order chi connectivity index (χ0) is 18.2. The van der Waals surface area contributed by atoms with E-state index in [-0.39, 0.29) is 5.60 Å². The average molecular weight is 346 g/mol. The first-order valence-corrected chi connectivity index (χ1v) is 9.26. The summed E-state index contributed by atoms with van der Waals surface area (Å²) in [6.45, 7) is 5.09. The van der Waals surface area contributed by atoms with E-state index in [9.17, 15) is 0 Å². The molecule has 2 aromatic rings. The van der Waals surface area contributed by atoms with Crippen LogP contribution in [0.25, 0.3) is 5.76 Å². The number of rotatable bonds is 7. The Bertz CT molecular complexity index is 746. The second-order valence-electron chi connectivity index (χ2n) is 6.66. The summed E-state index contributed by atoms with van der Waals surface area (Å²) in [6, 6.07) is 20.9. The average Bonchev–Trinajstić information content (AvgIpc) is 2.72. The summed E-state index contributed by atoms with van der Waals surface area (Å²) in [6.07, 6.45) is 8.06. The highest BCUT2D eigenvalue weighted by molar-refractivity contribution is 5.65. The molecule has 0 bridgehead atoms. The van der Waals surface area contributed by atoms with Crippen molar-refractivity contribution in [3.8, 4) is 0 Å². The third kappa shape index (κ3) is 4.25. The lowest BCUT2D eigenvalue weighted by atomic mass is 9.80. The van der Waals surface area contributed by atoms with E-state index in [0.717, 1.165) is 42.6 Å². The minimum absolute atomic E-state index is 0.363. The van der Waals surface area contributed by atoms with E-state index in [1.54, 1.807) is 7.11 Å². The topological polar surface area (TPSA) is 18.5 Å². The molecule has 0 saturated carbocycles. The lowest BCUT2D eigenvalue weighted by Crippen LogP contribution is -2.32. The number of hydrogen-bond donors (Lipinski definition) is 0. The predicted octanol–water partition coefficient (Wildman–Crippen LogP) is 6.15. The van der Waals surface area contributed by atoms with E-state index >= 15 is 0 Å². The fourth-order valence-electron chi connectivity index (χ4n) is 3.45. The lowest BCUT2D eigenvalue weighted by Gasteiger charge is -2.40. The second kappa shape index (κ2) is 8.86. The zero-order valence-corrected chi connectivity index (χ0v) is 15.6. The third-order valence-electron chi connectivity index (χ3n) is 4.77. The van der Waals surface area contributed by atoms with E-state index in [0.29, 0.717) is 0 Å². The Balaban J connectivity index is 2.05. The van der Waals surface area contributed by atoms with Gasteiger partial charge in [-0.3, -0.25) is 0 Å². The summed E-state index contributed by atoms with van der Waals surface area (Å²) >= 11 is 0. The maximum Gasteiger partial charge on any atom is 0.158 e. The van der Waals surface area contributed by atoms with E-state index in [2.05, 4.69) is 62.1 Å². The molecule has 0 spiro atoms. The van der Waals surface area contributed by atoms with Gasteiger partial charge in [0, 0.05) is 19.1 Å². The minimum atomic E-state index is -0.363. The minimum Gasteiger partial charge on any atom is -0.482 e. The number of methoxy groups -OCH3 is 1. The van der Waals surface area contributed by atoms with E-state index < -0.39 is 0 Å². The molecule has 2 aromatic carbocycles. The Kier molecular flexibility index (Phi) is 6.30. The Labute approximate surface area is 157 Å². The first-order chi connectivity index (χ1) is 12.8. The van der Waals surface area contributed by atoms with Gasteiger partial charge in [-0.2, -0.15) is 0 Å². The van der Waals surface area contributed by atoms with Gasteiger partial charge in [0.1, 0.15) is 11.4 Å². The molecule has 2 radical (unpaired) electrons. The van der Waals surface area contributed by atoms with Crippen LogP contribution in [0.4, 0.5) is 0 Å². The summed E-state index contributed by atoms with van der Waals surface area (Å²) in [5.74, 6) is 0.904. The number of ether oxygens (including phenoxy) is 2. The fraction of sp³-hybridized carbons (Fsp3) is 0.292. The van der Waals surface area contributed by atoms with Gasteiger partial charge >= 0.3 is 0 Å². The summed E-state index contributed by atoms with van der Waals surface area (Å²) in [5, 5.41) is 0. The molecule has 0 aliphatic carbocycles. The van der Waals surface area contributed by atoms with Crippen molar-refractivity contribution in [2.45, 2.75) is 38.2 Å². The van der Waals surface area contributed by atoms with Crippen molar-refractivity contribution in [3.63, 3.8) is 0 Å². The summed E-state index contributed by atoms with van der Waals surface area (Å²) in [4.78, 5) is 0. The Hall–Kier alpha value is -2.32. The lowest BCUT2D eigenvalue weighted by molar-refractivity contribution is 0.0192. The van der Waals surface area contributed by atoms with Crippen molar-refractivity contribution in [1.82, 2.24) is 0 Å². The fourth-order valence-corrected chi connectivity index (χ4v) is 3.45. The van der Waals surface area contributed by atoms with Crippen LogP contribution < -0.4 is 0 Å². The van der Waals surface area contributed by atoms with Gasteiger partial charge < -0.3 is 9.47 Å². The van der Waals surface area contributed by atoms with Gasteiger partial charge in [0.25, 0.3) is 0 Å².